The number of thioether (sulfide) groups is 2. The summed E-state index contributed by atoms with van der Waals surface area (Å²) < 4.78 is 0.134. The van der Waals surface area contributed by atoms with Crippen LogP contribution in [0.5, 0.6) is 0 Å². The van der Waals surface area contributed by atoms with E-state index in [1.54, 1.807) is 23.5 Å². The van der Waals surface area contributed by atoms with Gasteiger partial charge in [0.15, 0.2) is 5.78 Å². The highest BCUT2D eigenvalue weighted by atomic mass is 32.2. The Bertz CT molecular complexity index is 155. The van der Waals surface area contributed by atoms with Crippen molar-refractivity contribution in [1.29, 1.82) is 0 Å². The van der Waals surface area contributed by atoms with Gasteiger partial charge in [-0.1, -0.05) is 34.6 Å². The maximum absolute atomic E-state index is 11.9. The molecule has 0 aliphatic rings. The summed E-state index contributed by atoms with van der Waals surface area (Å²) in [6, 6.07) is 0. The lowest BCUT2D eigenvalue weighted by molar-refractivity contribution is -0.124. The highest BCUT2D eigenvalue weighted by Crippen LogP contribution is 2.31. The second-order valence-corrected chi connectivity index (χ2v) is 6.92. The summed E-state index contributed by atoms with van der Waals surface area (Å²) >= 11 is 3.50. The van der Waals surface area contributed by atoms with E-state index >= 15 is 0 Å². The van der Waals surface area contributed by atoms with Crippen molar-refractivity contribution >= 4 is 29.3 Å². The van der Waals surface area contributed by atoms with Crippen molar-refractivity contribution in [1.82, 2.24) is 0 Å². The molecule has 3 heteroatoms. The molecule has 0 amide bonds. The molecule has 1 nitrogen and oxygen atoms in total. The Balaban J connectivity index is 4.27. The predicted octanol–water partition coefficient (Wildman–Crippen LogP) is 3.43. The molecule has 0 saturated carbocycles. The first kappa shape index (κ1) is 13.4. The molecule has 0 spiro atoms. The number of carbonyl (C=O) groups excluding carboxylic acids is 1. The molecule has 0 radical (unpaired) electrons. The normalized spacial score (nSPS) is 12.2. The number of Topliss-reactive ketones (excluding diaryl/α,β-unsaturated/α-hetero) is 1. The lowest BCUT2D eigenvalue weighted by Gasteiger charge is -2.23. The van der Waals surface area contributed by atoms with Crippen molar-refractivity contribution in [2.75, 3.05) is 11.5 Å². The number of hydrogen-bond donors (Lipinski definition) is 0. The van der Waals surface area contributed by atoms with Crippen LogP contribution in [0.25, 0.3) is 0 Å². The number of ketones is 1. The van der Waals surface area contributed by atoms with Gasteiger partial charge in [0, 0.05) is 5.41 Å². The Labute approximate surface area is 90.4 Å². The molecule has 0 aromatic carbocycles. The minimum absolute atomic E-state index is 0.134. The highest BCUT2D eigenvalue weighted by Gasteiger charge is 2.29. The van der Waals surface area contributed by atoms with Crippen LogP contribution >= 0.6 is 23.5 Å². The summed E-state index contributed by atoms with van der Waals surface area (Å²) in [4.78, 5) is 11.9. The average molecular weight is 220 g/mol. The zero-order chi connectivity index (χ0) is 10.5. The van der Waals surface area contributed by atoms with E-state index in [4.69, 9.17) is 0 Å². The zero-order valence-electron chi connectivity index (χ0n) is 9.22. The van der Waals surface area contributed by atoms with Crippen molar-refractivity contribution < 1.29 is 4.79 Å². The van der Waals surface area contributed by atoms with Crippen LogP contribution < -0.4 is 0 Å². The Kier molecular flexibility index (Phi) is 6.14. The van der Waals surface area contributed by atoms with Gasteiger partial charge in [-0.25, -0.2) is 0 Å². The lowest BCUT2D eigenvalue weighted by atomic mass is 9.92. The first-order valence-electron chi connectivity index (χ1n) is 4.71. The van der Waals surface area contributed by atoms with Crippen LogP contribution in [0.1, 0.15) is 34.6 Å². The van der Waals surface area contributed by atoms with Crippen molar-refractivity contribution in [2.45, 2.75) is 39.2 Å². The van der Waals surface area contributed by atoms with Gasteiger partial charge in [0.25, 0.3) is 0 Å². The zero-order valence-corrected chi connectivity index (χ0v) is 10.8. The summed E-state index contributed by atoms with van der Waals surface area (Å²) in [6.07, 6.45) is 0. The van der Waals surface area contributed by atoms with Crippen molar-refractivity contribution in [3.05, 3.63) is 0 Å². The number of carbonyl (C=O) groups is 1. The van der Waals surface area contributed by atoms with E-state index in [1.165, 1.54) is 0 Å². The third-order valence-corrected chi connectivity index (χ3v) is 4.11. The van der Waals surface area contributed by atoms with Gasteiger partial charge in [-0.3, -0.25) is 4.79 Å². The Morgan fingerprint density at radius 1 is 1.15 bits per heavy atom. The SMILES string of the molecule is CCSC(SCC)C(=O)C(C)(C)C. The van der Waals surface area contributed by atoms with E-state index in [1.807, 2.05) is 20.8 Å². The van der Waals surface area contributed by atoms with Crippen LogP contribution in [-0.4, -0.2) is 21.9 Å². The van der Waals surface area contributed by atoms with E-state index in [0.717, 1.165) is 11.5 Å². The molecular formula is C10H20OS2. The second-order valence-electron chi connectivity index (χ2n) is 3.86. The fourth-order valence-electron chi connectivity index (χ4n) is 0.856. The van der Waals surface area contributed by atoms with Gasteiger partial charge in [-0.2, -0.15) is 0 Å². The second kappa shape index (κ2) is 5.97. The molecule has 0 aliphatic heterocycles. The van der Waals surface area contributed by atoms with E-state index in [0.29, 0.717) is 5.78 Å². The van der Waals surface area contributed by atoms with Gasteiger partial charge < -0.3 is 0 Å². The van der Waals surface area contributed by atoms with Gasteiger partial charge in [-0.15, -0.1) is 23.5 Å². The Morgan fingerprint density at radius 2 is 1.54 bits per heavy atom. The van der Waals surface area contributed by atoms with Crippen LogP contribution in [0.3, 0.4) is 0 Å². The van der Waals surface area contributed by atoms with Crippen molar-refractivity contribution in [2.24, 2.45) is 5.41 Å². The van der Waals surface area contributed by atoms with E-state index < -0.39 is 0 Å². The molecule has 0 atom stereocenters. The minimum Gasteiger partial charge on any atom is -0.297 e. The topological polar surface area (TPSA) is 17.1 Å². The molecule has 0 unspecified atom stereocenters. The van der Waals surface area contributed by atoms with Crippen LogP contribution in [-0.2, 0) is 4.79 Å². The van der Waals surface area contributed by atoms with Crippen LogP contribution in [0.15, 0.2) is 0 Å². The van der Waals surface area contributed by atoms with Gasteiger partial charge in [0.2, 0.25) is 0 Å². The molecule has 78 valence electrons. The first-order chi connectivity index (χ1) is 5.93. The van der Waals surface area contributed by atoms with Gasteiger partial charge in [-0.05, 0) is 11.5 Å². The summed E-state index contributed by atoms with van der Waals surface area (Å²) in [5.41, 5.74) is -0.199. The fourth-order valence-corrected chi connectivity index (χ4v) is 3.67. The van der Waals surface area contributed by atoms with Crippen molar-refractivity contribution in [3.63, 3.8) is 0 Å². The quantitative estimate of drug-likeness (QED) is 0.661. The average Bonchev–Trinajstić information content (AvgIpc) is 2.01. The molecule has 0 aromatic rings. The predicted molar refractivity (Wildman–Crippen MR) is 64.5 cm³/mol. The summed E-state index contributed by atoms with van der Waals surface area (Å²) in [5.74, 6) is 2.39. The molecular weight excluding hydrogens is 200 g/mol. The molecule has 13 heavy (non-hydrogen) atoms. The molecule has 0 bridgehead atoms. The highest BCUT2D eigenvalue weighted by molar-refractivity contribution is 8.18. The maximum Gasteiger partial charge on any atom is 0.161 e. The van der Waals surface area contributed by atoms with Crippen LogP contribution in [0, 0.1) is 5.41 Å². The molecule has 0 heterocycles. The van der Waals surface area contributed by atoms with Gasteiger partial charge in [0.05, 0.1) is 0 Å². The number of rotatable bonds is 5. The molecule has 0 fully saturated rings. The third-order valence-electron chi connectivity index (χ3n) is 1.59. The lowest BCUT2D eigenvalue weighted by Crippen LogP contribution is -2.28. The largest absolute Gasteiger partial charge is 0.297 e. The molecule has 0 N–H and O–H groups in total. The fraction of sp³-hybridized carbons (Fsp3) is 0.900. The molecule has 0 aromatic heterocycles. The third kappa shape index (κ3) is 4.96. The Hall–Kier alpha value is 0.370. The maximum atomic E-state index is 11.9. The van der Waals surface area contributed by atoms with Gasteiger partial charge in [0.1, 0.15) is 4.58 Å². The minimum atomic E-state index is -0.199. The molecule has 0 rings (SSSR count). The summed E-state index contributed by atoms with van der Waals surface area (Å²) in [7, 11) is 0. The summed E-state index contributed by atoms with van der Waals surface area (Å²) in [5, 5.41) is 0. The molecule has 0 saturated heterocycles. The van der Waals surface area contributed by atoms with Crippen molar-refractivity contribution in [3.8, 4) is 0 Å². The van der Waals surface area contributed by atoms with Crippen LogP contribution in [0.2, 0.25) is 0 Å². The monoisotopic (exact) mass is 220 g/mol. The number of hydrogen-bond acceptors (Lipinski definition) is 3. The standard InChI is InChI=1S/C10H20OS2/c1-6-12-9(13-7-2)8(11)10(3,4)5/h9H,6-7H2,1-5H3. The van der Waals surface area contributed by atoms with E-state index in [2.05, 4.69) is 13.8 Å². The molecule has 0 aliphatic carbocycles. The smallest absolute Gasteiger partial charge is 0.161 e. The van der Waals surface area contributed by atoms with Crippen LogP contribution in [0.4, 0.5) is 0 Å². The van der Waals surface area contributed by atoms with E-state index in [9.17, 15) is 4.79 Å². The van der Waals surface area contributed by atoms with E-state index in [-0.39, 0.29) is 10.00 Å². The Morgan fingerprint density at radius 3 is 1.77 bits per heavy atom. The summed E-state index contributed by atoms with van der Waals surface area (Å²) in [6.45, 7) is 10.2. The first-order valence-corrected chi connectivity index (χ1v) is 6.80. The van der Waals surface area contributed by atoms with Gasteiger partial charge >= 0.3 is 0 Å².